The fourth-order valence-corrected chi connectivity index (χ4v) is 5.02. The molecule has 6 nitrogen and oxygen atoms in total. The third-order valence-electron chi connectivity index (χ3n) is 6.18. The molecule has 2 aliphatic carbocycles. The van der Waals surface area contributed by atoms with Gasteiger partial charge in [-0.15, -0.1) is 0 Å². The van der Waals surface area contributed by atoms with E-state index in [2.05, 4.69) is 0 Å². The summed E-state index contributed by atoms with van der Waals surface area (Å²) in [6.45, 7) is -0.865. The summed E-state index contributed by atoms with van der Waals surface area (Å²) in [6, 6.07) is 12.1. The second-order valence-corrected chi connectivity index (χ2v) is 7.14. The third-order valence-corrected chi connectivity index (χ3v) is 6.18. The molecule has 0 bridgehead atoms. The van der Waals surface area contributed by atoms with Gasteiger partial charge in [0.15, 0.2) is 0 Å². The molecular weight excluding hydrogens is 336 g/mol. The van der Waals surface area contributed by atoms with Crippen molar-refractivity contribution in [1.29, 1.82) is 0 Å². The van der Waals surface area contributed by atoms with Crippen molar-refractivity contribution >= 4 is 0 Å². The molecule has 6 heteroatoms. The van der Waals surface area contributed by atoms with Gasteiger partial charge in [0.25, 0.3) is 0 Å². The van der Waals surface area contributed by atoms with Crippen LogP contribution in [0.1, 0.15) is 25.7 Å². The maximum absolute atomic E-state index is 11.4. The van der Waals surface area contributed by atoms with Crippen LogP contribution in [0.3, 0.4) is 0 Å². The minimum atomic E-state index is -2.34. The largest absolute Gasteiger partial charge is 0.394 e. The molecule has 2 aliphatic rings. The van der Waals surface area contributed by atoms with Crippen LogP contribution in [0.4, 0.5) is 0 Å². The highest BCUT2D eigenvalue weighted by Gasteiger charge is 2.93. The Balaban J connectivity index is 1.84. The minimum Gasteiger partial charge on any atom is -0.394 e. The van der Waals surface area contributed by atoms with E-state index >= 15 is 0 Å². The van der Waals surface area contributed by atoms with Crippen molar-refractivity contribution in [3.05, 3.63) is 71.7 Å². The Labute approximate surface area is 153 Å². The zero-order chi connectivity index (χ0) is 20.5. The first-order chi connectivity index (χ1) is 13.1. The van der Waals surface area contributed by atoms with Gasteiger partial charge in [-0.2, -0.15) is 0 Å². The monoisotopic (exact) mass is 360 g/mol. The number of rotatable bonds is 4. The summed E-state index contributed by atoms with van der Waals surface area (Å²) in [6.07, 6.45) is -3.25. The normalized spacial score (nSPS) is 43.4. The van der Waals surface area contributed by atoms with Crippen molar-refractivity contribution in [2.45, 2.75) is 40.8 Å². The summed E-state index contributed by atoms with van der Waals surface area (Å²) in [7, 11) is 0. The summed E-state index contributed by atoms with van der Waals surface area (Å²) in [5.41, 5.74) is -6.12. The number of hydrogen-bond acceptors (Lipinski definition) is 6. The van der Waals surface area contributed by atoms with Gasteiger partial charge in [0.1, 0.15) is 22.9 Å². The van der Waals surface area contributed by atoms with E-state index in [1.165, 1.54) is 48.5 Å². The fourth-order valence-electron chi connectivity index (χ4n) is 5.02. The molecule has 0 spiro atoms. The standard InChI is InChI=1S/C20H22O6/c21-11-14(22)18(24)16(13-9-5-2-6-10-13)19(25)17(23)15(20(18,19)26)12-7-3-1-4-8-12/h1-10,14-17,21-26H,11H2/t14-,15?,16?,17?,18+,19+,20+/m1/s1/i1D,2D. The number of aliphatic hydroxyl groups is 6. The summed E-state index contributed by atoms with van der Waals surface area (Å²) in [5, 5.41) is 64.6. The summed E-state index contributed by atoms with van der Waals surface area (Å²) >= 11 is 0. The van der Waals surface area contributed by atoms with E-state index in [0.717, 1.165) is 0 Å². The van der Waals surface area contributed by atoms with Crippen molar-refractivity contribution in [2.24, 2.45) is 0 Å². The van der Waals surface area contributed by atoms with Crippen molar-refractivity contribution in [3.8, 4) is 0 Å². The molecule has 2 fully saturated rings. The zero-order valence-electron chi connectivity index (χ0n) is 15.8. The number of fused-ring (bicyclic) bond motifs is 1. The van der Waals surface area contributed by atoms with Gasteiger partial charge in [-0.1, -0.05) is 60.6 Å². The van der Waals surface area contributed by atoms with Crippen molar-refractivity contribution < 1.29 is 33.4 Å². The van der Waals surface area contributed by atoms with Crippen LogP contribution in [0.25, 0.3) is 0 Å². The van der Waals surface area contributed by atoms with Crippen LogP contribution in [0.15, 0.2) is 60.6 Å². The van der Waals surface area contributed by atoms with E-state index in [4.69, 9.17) is 2.74 Å². The molecule has 4 rings (SSSR count). The molecule has 2 aromatic carbocycles. The molecule has 3 unspecified atom stereocenters. The summed E-state index contributed by atoms with van der Waals surface area (Å²) in [5.74, 6) is -2.41. The Bertz CT molecular complexity index is 889. The maximum atomic E-state index is 11.4. The lowest BCUT2D eigenvalue weighted by Gasteiger charge is -2.80. The fraction of sp³-hybridized carbons (Fsp3) is 0.400. The van der Waals surface area contributed by atoms with Crippen LogP contribution in [0, 0.1) is 0 Å². The molecule has 26 heavy (non-hydrogen) atoms. The van der Waals surface area contributed by atoms with Gasteiger partial charge in [-0.25, -0.2) is 0 Å². The predicted octanol–water partition coefficient (Wildman–Crippen LogP) is -0.511. The average Bonchev–Trinajstić information content (AvgIpc) is 2.69. The molecule has 2 saturated carbocycles. The Hall–Kier alpha value is -1.80. The van der Waals surface area contributed by atoms with Crippen molar-refractivity contribution in [3.63, 3.8) is 0 Å². The van der Waals surface area contributed by atoms with Gasteiger partial charge in [-0.3, -0.25) is 0 Å². The summed E-state index contributed by atoms with van der Waals surface area (Å²) < 4.78 is 15.2. The molecule has 0 aromatic heterocycles. The van der Waals surface area contributed by atoms with Gasteiger partial charge >= 0.3 is 0 Å². The third kappa shape index (κ3) is 1.72. The Morgan fingerprint density at radius 1 is 0.962 bits per heavy atom. The molecule has 0 radical (unpaired) electrons. The average molecular weight is 360 g/mol. The molecular formula is C20H22O6. The summed E-state index contributed by atoms with van der Waals surface area (Å²) in [4.78, 5) is 0. The first-order valence-electron chi connectivity index (χ1n) is 9.41. The van der Waals surface area contributed by atoms with Crippen LogP contribution >= 0.6 is 0 Å². The molecule has 6 N–H and O–H groups in total. The number of benzene rings is 2. The van der Waals surface area contributed by atoms with Gasteiger partial charge < -0.3 is 30.6 Å². The quantitative estimate of drug-likeness (QED) is 0.437. The molecule has 0 amide bonds. The van der Waals surface area contributed by atoms with Crippen LogP contribution in [0.5, 0.6) is 0 Å². The van der Waals surface area contributed by atoms with Crippen LogP contribution in [-0.4, -0.2) is 66.3 Å². The Morgan fingerprint density at radius 2 is 1.46 bits per heavy atom. The number of hydrogen-bond donors (Lipinski definition) is 6. The molecule has 0 saturated heterocycles. The van der Waals surface area contributed by atoms with Crippen molar-refractivity contribution in [1.82, 2.24) is 0 Å². The molecule has 2 aromatic rings. The first-order valence-corrected chi connectivity index (χ1v) is 8.41. The smallest absolute Gasteiger partial charge is 0.138 e. The van der Waals surface area contributed by atoms with Crippen LogP contribution in [0.2, 0.25) is 0 Å². The SMILES string of the molecule is [2H]c1ccc(C2C(O)[C@@]3(O)C(c4ccc([2H])cc4)[C@@](O)([C@H](O)CO)[C@@]23O)cc1. The second-order valence-electron chi connectivity index (χ2n) is 7.14. The topological polar surface area (TPSA) is 121 Å². The van der Waals surface area contributed by atoms with Gasteiger partial charge in [0.2, 0.25) is 0 Å². The highest BCUT2D eigenvalue weighted by atomic mass is 16.5. The Morgan fingerprint density at radius 3 is 1.96 bits per heavy atom. The molecule has 7 atom stereocenters. The predicted molar refractivity (Wildman–Crippen MR) is 92.3 cm³/mol. The van der Waals surface area contributed by atoms with Crippen LogP contribution in [-0.2, 0) is 0 Å². The van der Waals surface area contributed by atoms with E-state index in [1.807, 2.05) is 0 Å². The van der Waals surface area contributed by atoms with Crippen LogP contribution < -0.4 is 0 Å². The number of aliphatic hydroxyl groups excluding tert-OH is 3. The molecule has 0 aliphatic heterocycles. The minimum absolute atomic E-state index is 0.194. The first kappa shape index (κ1) is 15.3. The van der Waals surface area contributed by atoms with E-state index in [-0.39, 0.29) is 12.1 Å². The lowest BCUT2D eigenvalue weighted by molar-refractivity contribution is -0.459. The van der Waals surface area contributed by atoms with Gasteiger partial charge in [0.05, 0.1) is 21.4 Å². The van der Waals surface area contributed by atoms with Crippen molar-refractivity contribution in [2.75, 3.05) is 6.61 Å². The van der Waals surface area contributed by atoms with E-state index in [1.54, 1.807) is 0 Å². The van der Waals surface area contributed by atoms with E-state index in [9.17, 15) is 30.6 Å². The maximum Gasteiger partial charge on any atom is 0.138 e. The van der Waals surface area contributed by atoms with E-state index in [0.29, 0.717) is 11.1 Å². The molecule has 138 valence electrons. The van der Waals surface area contributed by atoms with Gasteiger partial charge in [0, 0.05) is 5.92 Å². The molecule has 0 heterocycles. The van der Waals surface area contributed by atoms with E-state index < -0.39 is 47.5 Å². The lowest BCUT2D eigenvalue weighted by Crippen LogP contribution is -2.99. The zero-order valence-corrected chi connectivity index (χ0v) is 13.8. The highest BCUT2D eigenvalue weighted by molar-refractivity contribution is 5.55. The lowest BCUT2D eigenvalue weighted by atomic mass is 9.30. The van der Waals surface area contributed by atoms with Gasteiger partial charge in [-0.05, 0) is 11.1 Å². The second kappa shape index (κ2) is 5.60. The highest BCUT2D eigenvalue weighted by Crippen LogP contribution is 2.75. The Kier molecular flexibility index (Phi) is 3.29.